The second kappa shape index (κ2) is 7.18. The van der Waals surface area contributed by atoms with Crippen LogP contribution >= 0.6 is 0 Å². The first-order valence-electron chi connectivity index (χ1n) is 6.20. The Hall–Kier alpha value is -0.700. The van der Waals surface area contributed by atoms with Crippen LogP contribution in [0.15, 0.2) is 0 Å². The lowest BCUT2D eigenvalue weighted by Gasteiger charge is -2.35. The van der Waals surface area contributed by atoms with Crippen LogP contribution in [0.4, 0.5) is 0 Å². The topological polar surface area (TPSA) is 102 Å². The molecule has 1 aliphatic rings. The number of nitrogens with one attached hydrogen (secondary N) is 1. The third-order valence-electron chi connectivity index (χ3n) is 3.15. The van der Waals surface area contributed by atoms with E-state index in [1.807, 2.05) is 0 Å². The van der Waals surface area contributed by atoms with Gasteiger partial charge in [0.1, 0.15) is 0 Å². The Morgan fingerprint density at radius 2 is 2.05 bits per heavy atom. The standard InChI is InChI=1S/C11H21NO6S/c1-17-10(14)3-2-8-19(15,16)12-11(9-13)4-6-18-7-5-11/h12-13H,2-9H2,1H3. The second-order valence-corrected chi connectivity index (χ2v) is 6.49. The van der Waals surface area contributed by atoms with Gasteiger partial charge in [0.05, 0.1) is 25.0 Å². The molecule has 2 N–H and O–H groups in total. The number of aliphatic hydroxyl groups is 1. The minimum Gasteiger partial charge on any atom is -0.469 e. The molecule has 1 rings (SSSR count). The highest BCUT2D eigenvalue weighted by atomic mass is 32.2. The summed E-state index contributed by atoms with van der Waals surface area (Å²) in [7, 11) is -2.27. The molecule has 0 radical (unpaired) electrons. The van der Waals surface area contributed by atoms with Crippen LogP contribution in [0.1, 0.15) is 25.7 Å². The third-order valence-corrected chi connectivity index (χ3v) is 4.72. The molecule has 0 aromatic heterocycles. The summed E-state index contributed by atoms with van der Waals surface area (Å²) in [6.07, 6.45) is 1.14. The number of sulfonamides is 1. The number of ether oxygens (including phenoxy) is 2. The fourth-order valence-corrected chi connectivity index (χ4v) is 3.50. The van der Waals surface area contributed by atoms with E-state index in [0.29, 0.717) is 26.1 Å². The molecule has 0 aromatic rings. The van der Waals surface area contributed by atoms with E-state index >= 15 is 0 Å². The minimum atomic E-state index is -3.53. The Morgan fingerprint density at radius 3 is 2.58 bits per heavy atom. The van der Waals surface area contributed by atoms with E-state index in [1.54, 1.807) is 0 Å². The Labute approximate surface area is 113 Å². The van der Waals surface area contributed by atoms with Gasteiger partial charge in [0.2, 0.25) is 10.0 Å². The molecule has 0 bridgehead atoms. The van der Waals surface area contributed by atoms with E-state index in [0.717, 1.165) is 0 Å². The van der Waals surface area contributed by atoms with Gasteiger partial charge in [-0.05, 0) is 19.3 Å². The molecule has 0 aromatic carbocycles. The normalized spacial score (nSPS) is 19.1. The lowest BCUT2D eigenvalue weighted by atomic mass is 9.93. The SMILES string of the molecule is COC(=O)CCCS(=O)(=O)NC1(CO)CCOCC1. The van der Waals surface area contributed by atoms with E-state index in [4.69, 9.17) is 4.74 Å². The molecule has 7 nitrogen and oxygen atoms in total. The molecule has 1 saturated heterocycles. The molecule has 19 heavy (non-hydrogen) atoms. The lowest BCUT2D eigenvalue weighted by Crippen LogP contribution is -2.55. The van der Waals surface area contributed by atoms with Crippen molar-refractivity contribution in [3.63, 3.8) is 0 Å². The zero-order valence-corrected chi connectivity index (χ0v) is 11.9. The molecule has 0 spiro atoms. The number of rotatable bonds is 7. The van der Waals surface area contributed by atoms with Crippen LogP contribution < -0.4 is 4.72 Å². The molecule has 0 amide bonds. The molecule has 8 heteroatoms. The van der Waals surface area contributed by atoms with Crippen LogP contribution in [-0.4, -0.2) is 57.7 Å². The highest BCUT2D eigenvalue weighted by Crippen LogP contribution is 2.21. The van der Waals surface area contributed by atoms with Crippen molar-refractivity contribution in [3.8, 4) is 0 Å². The van der Waals surface area contributed by atoms with Crippen molar-refractivity contribution in [3.05, 3.63) is 0 Å². The van der Waals surface area contributed by atoms with Crippen molar-refractivity contribution >= 4 is 16.0 Å². The van der Waals surface area contributed by atoms with E-state index in [1.165, 1.54) is 7.11 Å². The molecular weight excluding hydrogens is 274 g/mol. The summed E-state index contributed by atoms with van der Waals surface area (Å²) in [5.41, 5.74) is -0.831. The van der Waals surface area contributed by atoms with Crippen molar-refractivity contribution in [2.24, 2.45) is 0 Å². The van der Waals surface area contributed by atoms with Crippen LogP contribution in [0.3, 0.4) is 0 Å². The number of aliphatic hydroxyl groups excluding tert-OH is 1. The van der Waals surface area contributed by atoms with Crippen LogP contribution in [0, 0.1) is 0 Å². The highest BCUT2D eigenvalue weighted by Gasteiger charge is 2.35. The summed E-state index contributed by atoms with van der Waals surface area (Å²) in [5, 5.41) is 9.40. The monoisotopic (exact) mass is 295 g/mol. The lowest BCUT2D eigenvalue weighted by molar-refractivity contribution is -0.140. The maximum Gasteiger partial charge on any atom is 0.305 e. The number of esters is 1. The zero-order valence-electron chi connectivity index (χ0n) is 11.1. The molecule has 112 valence electrons. The number of methoxy groups -OCH3 is 1. The number of hydrogen-bond acceptors (Lipinski definition) is 6. The van der Waals surface area contributed by atoms with Gasteiger partial charge >= 0.3 is 5.97 Å². The number of hydrogen-bond donors (Lipinski definition) is 2. The molecule has 0 atom stereocenters. The summed E-state index contributed by atoms with van der Waals surface area (Å²) in [5.74, 6) is -0.594. The van der Waals surface area contributed by atoms with E-state index in [9.17, 15) is 18.3 Å². The summed E-state index contributed by atoms with van der Waals surface area (Å²) in [6, 6.07) is 0. The van der Waals surface area contributed by atoms with Crippen LogP contribution in [0.2, 0.25) is 0 Å². The molecule has 0 saturated carbocycles. The fraction of sp³-hybridized carbons (Fsp3) is 0.909. The highest BCUT2D eigenvalue weighted by molar-refractivity contribution is 7.89. The van der Waals surface area contributed by atoms with Gasteiger partial charge in [-0.25, -0.2) is 13.1 Å². The first-order valence-corrected chi connectivity index (χ1v) is 7.85. The molecular formula is C11H21NO6S. The van der Waals surface area contributed by atoms with Gasteiger partial charge in [-0.1, -0.05) is 0 Å². The van der Waals surface area contributed by atoms with Crippen LogP contribution in [0.5, 0.6) is 0 Å². The Balaban J connectivity index is 2.50. The number of carbonyl (C=O) groups excluding carboxylic acids is 1. The van der Waals surface area contributed by atoms with Crippen molar-refractivity contribution in [1.29, 1.82) is 0 Å². The van der Waals surface area contributed by atoms with Crippen molar-refractivity contribution in [1.82, 2.24) is 4.72 Å². The first kappa shape index (κ1) is 16.4. The molecule has 1 aliphatic heterocycles. The van der Waals surface area contributed by atoms with Crippen LogP contribution in [0.25, 0.3) is 0 Å². The van der Waals surface area contributed by atoms with Crippen LogP contribution in [-0.2, 0) is 24.3 Å². The van der Waals surface area contributed by atoms with Gasteiger partial charge in [-0.3, -0.25) is 4.79 Å². The Morgan fingerprint density at radius 1 is 1.42 bits per heavy atom. The first-order chi connectivity index (χ1) is 8.93. The largest absolute Gasteiger partial charge is 0.469 e. The predicted molar refractivity (Wildman–Crippen MR) is 68.0 cm³/mol. The molecule has 1 fully saturated rings. The van der Waals surface area contributed by atoms with E-state index in [2.05, 4.69) is 9.46 Å². The van der Waals surface area contributed by atoms with Gasteiger partial charge in [0.25, 0.3) is 0 Å². The summed E-state index contributed by atoms with van der Waals surface area (Å²) in [6.45, 7) is 0.586. The fourth-order valence-electron chi connectivity index (χ4n) is 1.94. The Kier molecular flexibility index (Phi) is 6.18. The van der Waals surface area contributed by atoms with E-state index < -0.39 is 21.5 Å². The van der Waals surface area contributed by atoms with Gasteiger partial charge in [0, 0.05) is 19.6 Å². The summed E-state index contributed by atoms with van der Waals surface area (Å²) >= 11 is 0. The van der Waals surface area contributed by atoms with Gasteiger partial charge in [-0.15, -0.1) is 0 Å². The van der Waals surface area contributed by atoms with Gasteiger partial charge < -0.3 is 14.6 Å². The average molecular weight is 295 g/mol. The maximum absolute atomic E-state index is 11.9. The van der Waals surface area contributed by atoms with Gasteiger partial charge in [-0.2, -0.15) is 0 Å². The second-order valence-electron chi connectivity index (χ2n) is 4.65. The Bertz CT molecular complexity index is 388. The number of carbonyl (C=O) groups is 1. The van der Waals surface area contributed by atoms with E-state index in [-0.39, 0.29) is 25.2 Å². The zero-order chi connectivity index (χ0) is 14.4. The maximum atomic E-state index is 11.9. The van der Waals surface area contributed by atoms with Crippen molar-refractivity contribution in [2.45, 2.75) is 31.2 Å². The molecule has 0 aliphatic carbocycles. The smallest absolute Gasteiger partial charge is 0.305 e. The summed E-state index contributed by atoms with van der Waals surface area (Å²) in [4.78, 5) is 10.9. The third kappa shape index (κ3) is 5.43. The average Bonchev–Trinajstić information content (AvgIpc) is 2.38. The minimum absolute atomic E-state index is 0.0621. The molecule has 0 unspecified atom stereocenters. The quantitative estimate of drug-likeness (QED) is 0.608. The van der Waals surface area contributed by atoms with Crippen molar-refractivity contribution in [2.75, 3.05) is 32.7 Å². The van der Waals surface area contributed by atoms with Crippen molar-refractivity contribution < 1.29 is 27.8 Å². The van der Waals surface area contributed by atoms with Gasteiger partial charge in [0.15, 0.2) is 0 Å². The predicted octanol–water partition coefficient (Wildman–Crippen LogP) is -0.599. The molecule has 1 heterocycles. The summed E-state index contributed by atoms with van der Waals surface area (Å²) < 4.78 is 36.0.